The van der Waals surface area contributed by atoms with Gasteiger partial charge in [0.15, 0.2) is 0 Å². The molecule has 5 aliphatic rings. The van der Waals surface area contributed by atoms with Gasteiger partial charge in [-0.15, -0.1) is 0 Å². The van der Waals surface area contributed by atoms with Crippen LogP contribution in [0, 0.1) is 35.5 Å². The van der Waals surface area contributed by atoms with Crippen molar-refractivity contribution in [3.8, 4) is 5.75 Å². The summed E-state index contributed by atoms with van der Waals surface area (Å²) >= 11 is 0. The molecule has 1 aromatic carbocycles. The van der Waals surface area contributed by atoms with Crippen LogP contribution in [0.5, 0.6) is 5.75 Å². The Labute approximate surface area is 151 Å². The molecule has 3 amide bonds. The molecule has 0 spiro atoms. The first-order valence-corrected chi connectivity index (χ1v) is 9.06. The standard InChI is InChI=1S/C20H20N2O4/c1-26-15-5-3-2-4-14(15)21-16(23)9-22-19(24)17-10-6-7-11(13-8-12(10)13)18(17)20(22)25/h2-7,10-13,17-18H,8-9H2,1H3,(H,21,23)/t10-,11-,12-,13-,17-,18-/m1/s1. The van der Waals surface area contributed by atoms with Crippen LogP contribution in [0.1, 0.15) is 6.42 Å². The van der Waals surface area contributed by atoms with Crippen LogP contribution < -0.4 is 10.1 Å². The van der Waals surface area contributed by atoms with Gasteiger partial charge < -0.3 is 10.1 Å². The molecule has 4 aliphatic carbocycles. The highest BCUT2D eigenvalue weighted by atomic mass is 16.5. The van der Waals surface area contributed by atoms with Crippen LogP contribution in [0.2, 0.25) is 0 Å². The summed E-state index contributed by atoms with van der Waals surface area (Å²) in [5.74, 6) is 0.731. The topological polar surface area (TPSA) is 75.7 Å². The van der Waals surface area contributed by atoms with Gasteiger partial charge in [0.05, 0.1) is 24.6 Å². The fourth-order valence-electron chi connectivity index (χ4n) is 5.26. The molecule has 0 aromatic heterocycles. The molecule has 0 unspecified atom stereocenters. The van der Waals surface area contributed by atoms with Crippen molar-refractivity contribution >= 4 is 23.4 Å². The van der Waals surface area contributed by atoms with Crippen LogP contribution in [0.25, 0.3) is 0 Å². The van der Waals surface area contributed by atoms with E-state index in [0.29, 0.717) is 23.3 Å². The smallest absolute Gasteiger partial charge is 0.244 e. The number of rotatable bonds is 4. The van der Waals surface area contributed by atoms with E-state index in [1.54, 1.807) is 24.3 Å². The van der Waals surface area contributed by atoms with Crippen molar-refractivity contribution in [3.63, 3.8) is 0 Å². The second-order valence-electron chi connectivity index (χ2n) is 7.67. The summed E-state index contributed by atoms with van der Waals surface area (Å²) in [4.78, 5) is 39.4. The Kier molecular flexibility index (Phi) is 3.26. The summed E-state index contributed by atoms with van der Waals surface area (Å²) < 4.78 is 5.22. The summed E-state index contributed by atoms with van der Waals surface area (Å²) in [5, 5.41) is 2.74. The van der Waals surface area contributed by atoms with Crippen LogP contribution in [-0.4, -0.2) is 36.3 Å². The fourth-order valence-corrected chi connectivity index (χ4v) is 5.26. The molecule has 6 heteroatoms. The van der Waals surface area contributed by atoms with Gasteiger partial charge in [0.2, 0.25) is 17.7 Å². The minimum atomic E-state index is -0.389. The molecule has 0 radical (unpaired) electrons. The minimum Gasteiger partial charge on any atom is -0.495 e. The van der Waals surface area contributed by atoms with E-state index < -0.39 is 0 Å². The molecule has 6 atom stereocenters. The summed E-state index contributed by atoms with van der Waals surface area (Å²) in [7, 11) is 1.53. The van der Waals surface area contributed by atoms with Gasteiger partial charge in [0.1, 0.15) is 12.3 Å². The Morgan fingerprint density at radius 3 is 2.35 bits per heavy atom. The molecule has 1 aliphatic heterocycles. The van der Waals surface area contributed by atoms with Crippen LogP contribution in [-0.2, 0) is 14.4 Å². The molecule has 3 fully saturated rings. The van der Waals surface area contributed by atoms with Crippen molar-refractivity contribution in [2.45, 2.75) is 6.42 Å². The number of anilines is 1. The Morgan fingerprint density at radius 2 is 1.73 bits per heavy atom. The number of nitrogens with one attached hydrogen (secondary N) is 1. The largest absolute Gasteiger partial charge is 0.495 e. The highest BCUT2D eigenvalue weighted by molar-refractivity contribution is 6.09. The van der Waals surface area contributed by atoms with Crippen molar-refractivity contribution in [2.24, 2.45) is 35.5 Å². The third-order valence-corrected chi connectivity index (χ3v) is 6.44. The van der Waals surface area contributed by atoms with Crippen molar-refractivity contribution in [2.75, 3.05) is 19.0 Å². The van der Waals surface area contributed by atoms with Crippen LogP contribution in [0.4, 0.5) is 5.69 Å². The first-order valence-electron chi connectivity index (χ1n) is 9.06. The van der Waals surface area contributed by atoms with Gasteiger partial charge in [-0.25, -0.2) is 0 Å². The maximum Gasteiger partial charge on any atom is 0.244 e. The first kappa shape index (κ1) is 15.6. The van der Waals surface area contributed by atoms with Crippen LogP contribution in [0.3, 0.4) is 0 Å². The van der Waals surface area contributed by atoms with Gasteiger partial charge in [-0.1, -0.05) is 24.3 Å². The number of para-hydroxylation sites is 2. The maximum atomic E-state index is 12.9. The van der Waals surface area contributed by atoms with Crippen LogP contribution >= 0.6 is 0 Å². The number of imide groups is 1. The SMILES string of the molecule is COc1ccccc1NC(=O)CN1C(=O)[C@@H]2[C@@H]3C=C[C@H]([C@H]4C[C@H]34)[C@H]2C1=O. The van der Waals surface area contributed by atoms with Crippen LogP contribution in [0.15, 0.2) is 36.4 Å². The molecule has 2 saturated carbocycles. The van der Waals surface area contributed by atoms with Crippen molar-refractivity contribution in [3.05, 3.63) is 36.4 Å². The van der Waals surface area contributed by atoms with E-state index in [1.807, 2.05) is 0 Å². The van der Waals surface area contributed by atoms with E-state index in [2.05, 4.69) is 17.5 Å². The van der Waals surface area contributed by atoms with Gasteiger partial charge in [0.25, 0.3) is 0 Å². The van der Waals surface area contributed by atoms with Crippen molar-refractivity contribution in [1.29, 1.82) is 0 Å². The van der Waals surface area contributed by atoms with E-state index in [9.17, 15) is 14.4 Å². The predicted molar refractivity (Wildman–Crippen MR) is 93.0 cm³/mol. The number of hydrogen-bond acceptors (Lipinski definition) is 4. The van der Waals surface area contributed by atoms with E-state index in [4.69, 9.17) is 4.74 Å². The first-order chi connectivity index (χ1) is 12.6. The summed E-state index contributed by atoms with van der Waals surface area (Å²) in [6, 6.07) is 7.06. The molecular formula is C20H20N2O4. The predicted octanol–water partition coefficient (Wildman–Crippen LogP) is 1.69. The minimum absolute atomic E-state index is 0.175. The number of ether oxygens (including phenoxy) is 1. The number of nitrogens with zero attached hydrogens (tertiary/aromatic N) is 1. The molecule has 6 nitrogen and oxygen atoms in total. The molecule has 2 bridgehead atoms. The number of methoxy groups -OCH3 is 1. The summed E-state index contributed by atoms with van der Waals surface area (Å²) in [6.45, 7) is -0.239. The van der Waals surface area contributed by atoms with Gasteiger partial charge in [0, 0.05) is 0 Å². The lowest BCUT2D eigenvalue weighted by Gasteiger charge is -2.37. The molecule has 1 aromatic rings. The third-order valence-electron chi connectivity index (χ3n) is 6.44. The number of benzene rings is 1. The fraction of sp³-hybridized carbons (Fsp3) is 0.450. The molecule has 1 N–H and O–H groups in total. The lowest BCUT2D eigenvalue weighted by Crippen LogP contribution is -2.40. The molecular weight excluding hydrogens is 332 g/mol. The Bertz CT molecular complexity index is 812. The zero-order valence-corrected chi connectivity index (χ0v) is 14.4. The van der Waals surface area contributed by atoms with E-state index >= 15 is 0 Å². The van der Waals surface area contributed by atoms with E-state index in [0.717, 1.165) is 11.3 Å². The Hall–Kier alpha value is -2.63. The molecule has 134 valence electrons. The van der Waals surface area contributed by atoms with Crippen molar-refractivity contribution in [1.82, 2.24) is 4.90 Å². The lowest BCUT2D eigenvalue weighted by atomic mass is 9.63. The summed E-state index contributed by atoms with van der Waals surface area (Å²) in [6.07, 6.45) is 5.39. The summed E-state index contributed by atoms with van der Waals surface area (Å²) in [5.41, 5.74) is 0.527. The van der Waals surface area contributed by atoms with Gasteiger partial charge >= 0.3 is 0 Å². The van der Waals surface area contributed by atoms with E-state index in [-0.39, 0.29) is 47.9 Å². The number of carbonyl (C=O) groups excluding carboxylic acids is 3. The second-order valence-corrected chi connectivity index (χ2v) is 7.67. The maximum absolute atomic E-state index is 12.9. The Balaban J connectivity index is 1.33. The number of amides is 3. The number of allylic oxidation sites excluding steroid dienone is 2. The Morgan fingerprint density at radius 1 is 1.12 bits per heavy atom. The number of likely N-dealkylation sites (tertiary alicyclic amines) is 1. The average Bonchev–Trinajstić information content (AvgIpc) is 3.43. The zero-order chi connectivity index (χ0) is 18.0. The molecule has 1 heterocycles. The van der Waals surface area contributed by atoms with Crippen molar-refractivity contribution < 1.29 is 19.1 Å². The quantitative estimate of drug-likeness (QED) is 0.661. The molecule has 6 rings (SSSR count). The highest BCUT2D eigenvalue weighted by Crippen LogP contribution is 2.65. The monoisotopic (exact) mass is 352 g/mol. The highest BCUT2D eigenvalue weighted by Gasteiger charge is 2.67. The van der Waals surface area contributed by atoms with Gasteiger partial charge in [-0.3, -0.25) is 19.3 Å². The third kappa shape index (κ3) is 2.08. The second kappa shape index (κ2) is 5.43. The normalized spacial score (nSPS) is 36.0. The van der Waals surface area contributed by atoms with Gasteiger partial charge in [-0.05, 0) is 42.2 Å². The number of hydrogen-bond donors (Lipinski definition) is 1. The lowest BCUT2D eigenvalue weighted by molar-refractivity contribution is -0.142. The van der Waals surface area contributed by atoms with Gasteiger partial charge in [-0.2, -0.15) is 0 Å². The van der Waals surface area contributed by atoms with E-state index in [1.165, 1.54) is 7.11 Å². The average molecular weight is 352 g/mol. The molecule has 26 heavy (non-hydrogen) atoms. The molecule has 1 saturated heterocycles. The zero-order valence-electron chi connectivity index (χ0n) is 14.4. The number of carbonyl (C=O) groups is 3.